The number of hydrogen-bond donors (Lipinski definition) is 1. The number of aromatic hydroxyl groups is 1. The molecule has 4 rings (SSSR count). The molecule has 0 spiro atoms. The van der Waals surface area contributed by atoms with Crippen molar-refractivity contribution in [2.75, 3.05) is 0 Å². The number of hydrogen-bond acceptors (Lipinski definition) is 4. The van der Waals surface area contributed by atoms with Crippen molar-refractivity contribution in [1.29, 1.82) is 0 Å². The van der Waals surface area contributed by atoms with Crippen LogP contribution in [0.25, 0.3) is 22.6 Å². The highest BCUT2D eigenvalue weighted by molar-refractivity contribution is 6.32. The van der Waals surface area contributed by atoms with E-state index in [4.69, 9.17) is 16.0 Å². The third kappa shape index (κ3) is 3.64. The Morgan fingerprint density at radius 2 is 1.79 bits per heavy atom. The monoisotopic (exact) mass is 404 g/mol. The zero-order valence-corrected chi connectivity index (χ0v) is 17.5. The van der Waals surface area contributed by atoms with E-state index >= 15 is 0 Å². The second-order valence-electron chi connectivity index (χ2n) is 7.31. The molecule has 0 aliphatic rings. The maximum absolute atomic E-state index is 10.3. The third-order valence-electron chi connectivity index (χ3n) is 5.04. The minimum Gasteiger partial charge on any atom is -0.507 e. The Labute approximate surface area is 174 Å². The second kappa shape index (κ2) is 7.37. The summed E-state index contributed by atoms with van der Waals surface area (Å²) in [4.78, 5) is 9.20. The first-order chi connectivity index (χ1) is 13.8. The van der Waals surface area contributed by atoms with Gasteiger partial charge in [-0.15, -0.1) is 0 Å². The van der Waals surface area contributed by atoms with Crippen LogP contribution in [0.3, 0.4) is 0 Å². The van der Waals surface area contributed by atoms with Crippen LogP contribution >= 0.6 is 11.6 Å². The van der Waals surface area contributed by atoms with Gasteiger partial charge in [-0.05, 0) is 80.3 Å². The van der Waals surface area contributed by atoms with Crippen molar-refractivity contribution in [1.82, 2.24) is 4.98 Å². The molecule has 0 aliphatic heterocycles. The molecule has 29 heavy (non-hydrogen) atoms. The van der Waals surface area contributed by atoms with Crippen molar-refractivity contribution in [2.24, 2.45) is 4.99 Å². The molecule has 1 aromatic heterocycles. The maximum atomic E-state index is 10.3. The number of rotatable bonds is 3. The van der Waals surface area contributed by atoms with Crippen LogP contribution in [-0.4, -0.2) is 16.3 Å². The van der Waals surface area contributed by atoms with Gasteiger partial charge in [0.15, 0.2) is 5.58 Å². The lowest BCUT2D eigenvalue weighted by Crippen LogP contribution is -1.92. The molecule has 0 saturated carbocycles. The van der Waals surface area contributed by atoms with Gasteiger partial charge in [0.05, 0.1) is 5.69 Å². The number of phenolic OH excluding ortho intramolecular Hbond substituents is 1. The van der Waals surface area contributed by atoms with Crippen LogP contribution in [0.5, 0.6) is 5.75 Å². The van der Waals surface area contributed by atoms with Crippen LogP contribution < -0.4 is 0 Å². The van der Waals surface area contributed by atoms with E-state index in [0.29, 0.717) is 16.5 Å². The molecule has 0 saturated heterocycles. The Morgan fingerprint density at radius 3 is 2.59 bits per heavy atom. The van der Waals surface area contributed by atoms with Crippen LogP contribution in [0.15, 0.2) is 51.9 Å². The van der Waals surface area contributed by atoms with Crippen LogP contribution in [0.1, 0.15) is 27.8 Å². The van der Waals surface area contributed by atoms with Crippen molar-refractivity contribution in [3.63, 3.8) is 0 Å². The fourth-order valence-electron chi connectivity index (χ4n) is 3.29. The van der Waals surface area contributed by atoms with E-state index < -0.39 is 0 Å². The number of aliphatic imine (C=N–C) groups is 1. The molecule has 5 heteroatoms. The molecule has 4 aromatic rings. The molecule has 0 amide bonds. The van der Waals surface area contributed by atoms with Crippen molar-refractivity contribution in [3.05, 3.63) is 75.3 Å². The molecule has 146 valence electrons. The molecule has 0 aliphatic carbocycles. The summed E-state index contributed by atoms with van der Waals surface area (Å²) in [5.41, 5.74) is 7.60. The van der Waals surface area contributed by atoms with Gasteiger partial charge in [0.2, 0.25) is 5.89 Å². The van der Waals surface area contributed by atoms with Crippen LogP contribution in [0.4, 0.5) is 5.69 Å². The predicted molar refractivity (Wildman–Crippen MR) is 119 cm³/mol. The summed E-state index contributed by atoms with van der Waals surface area (Å²) in [7, 11) is 0. The van der Waals surface area contributed by atoms with Crippen LogP contribution in [0.2, 0.25) is 5.02 Å². The molecule has 1 heterocycles. The van der Waals surface area contributed by atoms with E-state index in [2.05, 4.69) is 9.98 Å². The summed E-state index contributed by atoms with van der Waals surface area (Å²) in [6.45, 7) is 7.75. The topological polar surface area (TPSA) is 58.6 Å². The van der Waals surface area contributed by atoms with Crippen molar-refractivity contribution in [3.8, 4) is 17.2 Å². The highest BCUT2D eigenvalue weighted by atomic mass is 35.5. The first-order valence-corrected chi connectivity index (χ1v) is 9.72. The SMILES string of the molecule is Cc1ccc2nc(-c3ccc(C)c(N=Cc4c(O)cc(C)c(Cl)c4C)c3)oc2c1. The molecular formula is C24H21ClN2O2. The summed E-state index contributed by atoms with van der Waals surface area (Å²) >= 11 is 6.33. The van der Waals surface area contributed by atoms with E-state index in [0.717, 1.165) is 44.6 Å². The molecule has 0 fully saturated rings. The van der Waals surface area contributed by atoms with Gasteiger partial charge in [0.25, 0.3) is 0 Å². The maximum Gasteiger partial charge on any atom is 0.227 e. The molecule has 0 unspecified atom stereocenters. The summed E-state index contributed by atoms with van der Waals surface area (Å²) in [5, 5.41) is 10.9. The van der Waals surface area contributed by atoms with Gasteiger partial charge in [-0.3, -0.25) is 4.99 Å². The quantitative estimate of drug-likeness (QED) is 0.380. The second-order valence-corrected chi connectivity index (χ2v) is 7.69. The van der Waals surface area contributed by atoms with E-state index in [9.17, 15) is 5.11 Å². The van der Waals surface area contributed by atoms with Crippen LogP contribution in [0, 0.1) is 27.7 Å². The Balaban J connectivity index is 1.74. The normalized spacial score (nSPS) is 11.6. The molecule has 0 radical (unpaired) electrons. The van der Waals surface area contributed by atoms with Gasteiger partial charge in [0.1, 0.15) is 11.3 Å². The summed E-state index contributed by atoms with van der Waals surface area (Å²) < 4.78 is 5.94. The Bertz CT molecular complexity index is 1270. The lowest BCUT2D eigenvalue weighted by Gasteiger charge is -2.09. The summed E-state index contributed by atoms with van der Waals surface area (Å²) in [6, 6.07) is 13.5. The van der Waals surface area contributed by atoms with E-state index in [1.54, 1.807) is 12.3 Å². The molecule has 0 bridgehead atoms. The average Bonchev–Trinajstić information content (AvgIpc) is 3.10. The zero-order valence-electron chi connectivity index (χ0n) is 16.7. The molecular weight excluding hydrogens is 384 g/mol. The number of aryl methyl sites for hydroxylation is 3. The van der Waals surface area contributed by atoms with Crippen molar-refractivity contribution >= 4 is 34.6 Å². The van der Waals surface area contributed by atoms with Crippen molar-refractivity contribution in [2.45, 2.75) is 27.7 Å². The number of halogens is 1. The third-order valence-corrected chi connectivity index (χ3v) is 5.62. The number of fused-ring (bicyclic) bond motifs is 1. The van der Waals surface area contributed by atoms with E-state index in [-0.39, 0.29) is 5.75 Å². The smallest absolute Gasteiger partial charge is 0.227 e. The standard InChI is InChI=1S/C24H21ClN2O2/c1-13-5-8-19-22(9-13)29-24(27-19)17-7-6-14(2)20(11-17)26-12-18-16(4)23(25)15(3)10-21(18)28/h5-12,28H,1-4H3. The fraction of sp³-hybridized carbons (Fsp3) is 0.167. The average molecular weight is 405 g/mol. The van der Waals surface area contributed by atoms with E-state index in [1.807, 2.05) is 64.1 Å². The lowest BCUT2D eigenvalue weighted by atomic mass is 10.0. The number of benzene rings is 3. The minimum atomic E-state index is 0.163. The first kappa shape index (κ1) is 19.2. The molecule has 0 atom stereocenters. The highest BCUT2D eigenvalue weighted by Gasteiger charge is 2.12. The Morgan fingerprint density at radius 1 is 1.00 bits per heavy atom. The fourth-order valence-corrected chi connectivity index (χ4v) is 3.44. The lowest BCUT2D eigenvalue weighted by molar-refractivity contribution is 0.473. The highest BCUT2D eigenvalue weighted by Crippen LogP contribution is 2.32. The zero-order chi connectivity index (χ0) is 20.7. The summed E-state index contributed by atoms with van der Waals surface area (Å²) in [6.07, 6.45) is 1.65. The largest absolute Gasteiger partial charge is 0.507 e. The Hall–Kier alpha value is -3.11. The van der Waals surface area contributed by atoms with Gasteiger partial charge < -0.3 is 9.52 Å². The molecule has 3 aromatic carbocycles. The molecule has 4 nitrogen and oxygen atoms in total. The van der Waals surface area contributed by atoms with Gasteiger partial charge in [0, 0.05) is 22.4 Å². The van der Waals surface area contributed by atoms with Gasteiger partial charge >= 0.3 is 0 Å². The van der Waals surface area contributed by atoms with Gasteiger partial charge in [-0.25, -0.2) is 4.98 Å². The minimum absolute atomic E-state index is 0.163. The van der Waals surface area contributed by atoms with Crippen LogP contribution in [-0.2, 0) is 0 Å². The number of aromatic nitrogens is 1. The number of oxazole rings is 1. The molecule has 1 N–H and O–H groups in total. The number of nitrogens with zero attached hydrogens (tertiary/aromatic N) is 2. The number of phenols is 1. The van der Waals surface area contributed by atoms with Gasteiger partial charge in [-0.2, -0.15) is 0 Å². The van der Waals surface area contributed by atoms with Crippen molar-refractivity contribution < 1.29 is 9.52 Å². The Kier molecular flexibility index (Phi) is 4.89. The predicted octanol–water partition coefficient (Wildman–Crippen LogP) is 6.84. The van der Waals surface area contributed by atoms with Gasteiger partial charge in [-0.1, -0.05) is 23.7 Å². The summed E-state index contributed by atoms with van der Waals surface area (Å²) in [5.74, 6) is 0.718. The first-order valence-electron chi connectivity index (χ1n) is 9.34. The van der Waals surface area contributed by atoms with E-state index in [1.165, 1.54) is 0 Å².